The van der Waals surface area contributed by atoms with Crippen LogP contribution in [0.2, 0.25) is 0 Å². The van der Waals surface area contributed by atoms with Gasteiger partial charge in [0.15, 0.2) is 5.79 Å². The Labute approximate surface area is 148 Å². The lowest BCUT2D eigenvalue weighted by Crippen LogP contribution is -2.36. The molecule has 6 atom stereocenters. The smallest absolute Gasteiger partial charge is 0.163 e. The second kappa shape index (κ2) is 7.34. The molecule has 0 radical (unpaired) electrons. The zero-order valence-corrected chi connectivity index (χ0v) is 15.7. The molecule has 1 N–H and O–H groups in total. The molecule has 2 fully saturated rings. The molecule has 2 heterocycles. The summed E-state index contributed by atoms with van der Waals surface area (Å²) in [7, 11) is 0. The zero-order valence-electron chi connectivity index (χ0n) is 14.8. The van der Waals surface area contributed by atoms with Crippen molar-refractivity contribution in [2.45, 2.75) is 68.5 Å². The van der Waals surface area contributed by atoms with Gasteiger partial charge in [0.05, 0.1) is 18.8 Å². The van der Waals surface area contributed by atoms with Gasteiger partial charge in [-0.2, -0.15) is 0 Å². The number of hydrogen-bond acceptors (Lipinski definition) is 5. The highest BCUT2D eigenvalue weighted by atomic mass is 32.2. The third-order valence-corrected chi connectivity index (χ3v) is 6.12. The van der Waals surface area contributed by atoms with Crippen molar-refractivity contribution in [2.75, 3.05) is 6.61 Å². The Bertz CT molecular complexity index is 535. The highest BCUT2D eigenvalue weighted by molar-refractivity contribution is 7.99. The van der Waals surface area contributed by atoms with Crippen LogP contribution in [0.4, 0.5) is 0 Å². The highest BCUT2D eigenvalue weighted by Gasteiger charge is 2.50. The second-order valence-electron chi connectivity index (χ2n) is 7.17. The van der Waals surface area contributed by atoms with E-state index in [1.54, 1.807) is 0 Å². The monoisotopic (exact) mass is 352 g/mol. The molecular formula is C19H28O4S. The van der Waals surface area contributed by atoms with Crippen LogP contribution in [0, 0.1) is 11.8 Å². The quantitative estimate of drug-likeness (QED) is 0.647. The number of ether oxygens (including phenoxy) is 3. The Balaban J connectivity index is 1.70. The number of aliphatic hydroxyl groups excluding tert-OH is 1. The number of aliphatic hydroxyl groups is 1. The van der Waals surface area contributed by atoms with E-state index in [0.717, 1.165) is 11.3 Å². The molecule has 0 bridgehead atoms. The minimum absolute atomic E-state index is 0.0345. The summed E-state index contributed by atoms with van der Waals surface area (Å²) in [5.74, 6) is -0.258. The molecule has 2 aliphatic rings. The van der Waals surface area contributed by atoms with Gasteiger partial charge in [0.25, 0.3) is 0 Å². The SMILES string of the molecule is CCC1OC(C2COC(C)(C)O2)C(C)C1C(O)Sc1ccccc1. The lowest BCUT2D eigenvalue weighted by Gasteiger charge is -2.26. The first-order chi connectivity index (χ1) is 11.4. The lowest BCUT2D eigenvalue weighted by molar-refractivity contribution is -0.157. The molecule has 3 rings (SSSR count). The van der Waals surface area contributed by atoms with Crippen molar-refractivity contribution < 1.29 is 19.3 Å². The third kappa shape index (κ3) is 3.81. The summed E-state index contributed by atoms with van der Waals surface area (Å²) >= 11 is 1.51. The molecule has 2 aliphatic heterocycles. The van der Waals surface area contributed by atoms with Gasteiger partial charge in [-0.15, -0.1) is 0 Å². The number of rotatable bonds is 5. The van der Waals surface area contributed by atoms with Gasteiger partial charge in [-0.25, -0.2) is 0 Å². The fourth-order valence-corrected chi connectivity index (χ4v) is 4.98. The first-order valence-electron chi connectivity index (χ1n) is 8.78. The molecule has 5 heteroatoms. The Hall–Kier alpha value is -0.590. The normalized spacial score (nSPS) is 36.8. The molecule has 0 amide bonds. The largest absolute Gasteiger partial charge is 0.382 e. The fraction of sp³-hybridized carbons (Fsp3) is 0.684. The molecule has 0 aliphatic carbocycles. The Morgan fingerprint density at radius 1 is 1.29 bits per heavy atom. The first kappa shape index (κ1) is 18.2. The maximum absolute atomic E-state index is 10.8. The van der Waals surface area contributed by atoms with E-state index in [9.17, 15) is 5.11 Å². The molecule has 4 nitrogen and oxygen atoms in total. The maximum Gasteiger partial charge on any atom is 0.163 e. The van der Waals surface area contributed by atoms with Gasteiger partial charge in [0, 0.05) is 10.8 Å². The van der Waals surface area contributed by atoms with Crippen LogP contribution >= 0.6 is 11.8 Å². The number of benzene rings is 1. The minimum Gasteiger partial charge on any atom is -0.382 e. The molecule has 24 heavy (non-hydrogen) atoms. The van der Waals surface area contributed by atoms with Gasteiger partial charge in [-0.05, 0) is 38.3 Å². The summed E-state index contributed by atoms with van der Waals surface area (Å²) in [6.45, 7) is 8.69. The van der Waals surface area contributed by atoms with Gasteiger partial charge in [-0.3, -0.25) is 0 Å². The predicted octanol–water partition coefficient (Wildman–Crippen LogP) is 3.68. The van der Waals surface area contributed by atoms with Crippen LogP contribution in [0.15, 0.2) is 35.2 Å². The van der Waals surface area contributed by atoms with Gasteiger partial charge in [0.2, 0.25) is 0 Å². The van der Waals surface area contributed by atoms with Crippen molar-refractivity contribution in [2.24, 2.45) is 11.8 Å². The predicted molar refractivity (Wildman–Crippen MR) is 94.8 cm³/mol. The summed E-state index contributed by atoms with van der Waals surface area (Å²) in [5, 5.41) is 10.8. The summed E-state index contributed by atoms with van der Waals surface area (Å²) in [6.07, 6.45) is 0.828. The maximum atomic E-state index is 10.8. The third-order valence-electron chi connectivity index (χ3n) is 5.02. The number of hydrogen-bond donors (Lipinski definition) is 1. The van der Waals surface area contributed by atoms with Crippen LogP contribution in [0.3, 0.4) is 0 Å². The van der Waals surface area contributed by atoms with Crippen molar-refractivity contribution in [1.82, 2.24) is 0 Å². The fourth-order valence-electron chi connectivity index (χ4n) is 3.81. The van der Waals surface area contributed by atoms with E-state index in [-0.39, 0.29) is 30.1 Å². The molecule has 0 aromatic heterocycles. The van der Waals surface area contributed by atoms with E-state index < -0.39 is 11.2 Å². The van der Waals surface area contributed by atoms with Crippen molar-refractivity contribution >= 4 is 11.8 Å². The van der Waals surface area contributed by atoms with E-state index in [2.05, 4.69) is 13.8 Å². The number of thioether (sulfide) groups is 1. The van der Waals surface area contributed by atoms with E-state index in [4.69, 9.17) is 14.2 Å². The molecule has 0 saturated carbocycles. The van der Waals surface area contributed by atoms with E-state index >= 15 is 0 Å². The average Bonchev–Trinajstić information content (AvgIpc) is 3.07. The van der Waals surface area contributed by atoms with Gasteiger partial charge in [-0.1, -0.05) is 43.8 Å². The first-order valence-corrected chi connectivity index (χ1v) is 9.66. The standard InChI is InChI=1S/C19H28O4S/c1-5-14-16(18(20)24-13-9-7-6-8-10-13)12(2)17(22-14)15-11-21-19(3,4)23-15/h6-10,12,14-18,20H,5,11H2,1-4H3. The summed E-state index contributed by atoms with van der Waals surface area (Å²) < 4.78 is 18.0. The molecule has 134 valence electrons. The Morgan fingerprint density at radius 3 is 2.58 bits per heavy atom. The minimum atomic E-state index is -0.551. The van der Waals surface area contributed by atoms with Crippen molar-refractivity contribution in [1.29, 1.82) is 0 Å². The lowest BCUT2D eigenvalue weighted by atomic mass is 9.86. The van der Waals surface area contributed by atoms with E-state index in [0.29, 0.717) is 6.61 Å². The molecular weight excluding hydrogens is 324 g/mol. The van der Waals surface area contributed by atoms with Gasteiger partial charge in [0.1, 0.15) is 11.5 Å². The van der Waals surface area contributed by atoms with Crippen LogP contribution in [-0.4, -0.2) is 41.2 Å². The topological polar surface area (TPSA) is 47.9 Å². The van der Waals surface area contributed by atoms with Crippen LogP contribution in [0.1, 0.15) is 34.1 Å². The average molecular weight is 352 g/mol. The van der Waals surface area contributed by atoms with Crippen LogP contribution in [0.25, 0.3) is 0 Å². The molecule has 1 aromatic rings. The van der Waals surface area contributed by atoms with Crippen molar-refractivity contribution in [3.63, 3.8) is 0 Å². The van der Waals surface area contributed by atoms with Crippen LogP contribution < -0.4 is 0 Å². The Morgan fingerprint density at radius 2 is 2.00 bits per heavy atom. The van der Waals surface area contributed by atoms with Crippen molar-refractivity contribution in [3.8, 4) is 0 Å². The second-order valence-corrected chi connectivity index (χ2v) is 8.36. The Kier molecular flexibility index (Phi) is 5.57. The molecule has 1 aromatic carbocycles. The van der Waals surface area contributed by atoms with Gasteiger partial charge >= 0.3 is 0 Å². The van der Waals surface area contributed by atoms with Crippen LogP contribution in [0.5, 0.6) is 0 Å². The van der Waals surface area contributed by atoms with Crippen LogP contribution in [-0.2, 0) is 14.2 Å². The molecule has 2 saturated heterocycles. The zero-order chi connectivity index (χ0) is 17.3. The van der Waals surface area contributed by atoms with Crippen molar-refractivity contribution in [3.05, 3.63) is 30.3 Å². The molecule has 6 unspecified atom stereocenters. The summed E-state index contributed by atoms with van der Waals surface area (Å²) in [5.41, 5.74) is -0.493. The van der Waals surface area contributed by atoms with E-state index in [1.165, 1.54) is 11.8 Å². The van der Waals surface area contributed by atoms with E-state index in [1.807, 2.05) is 44.2 Å². The highest BCUT2D eigenvalue weighted by Crippen LogP contribution is 2.44. The van der Waals surface area contributed by atoms with Gasteiger partial charge < -0.3 is 19.3 Å². The summed E-state index contributed by atoms with van der Waals surface area (Å²) in [4.78, 5) is 1.08. The summed E-state index contributed by atoms with van der Waals surface area (Å²) in [6, 6.07) is 10.0. The molecule has 0 spiro atoms.